The molecule has 1 aromatic carbocycles. The Hall–Kier alpha value is -2.76. The minimum absolute atomic E-state index is 0.0919. The standard InChI is InChI=1S/C24H24FN3O3S/c1-11-20-16-8-18(21(11)20)28-22(16)23(29)27-15(9-26)5-13-4-3-12(6-17(13)25)14-7-19(32-10-14)24(30)31-2/h3-4,6-7,10-11,15-16,18,20-22,28H,5,8H2,1-2H3,(H,27,29)/t11?,15-,16+,18-,20?,21?,22-/m0/s1. The Morgan fingerprint density at radius 2 is 2.16 bits per heavy atom. The molecule has 3 fully saturated rings. The molecule has 5 rings (SSSR count). The van der Waals surface area contributed by atoms with Crippen molar-refractivity contribution in [3.63, 3.8) is 0 Å². The summed E-state index contributed by atoms with van der Waals surface area (Å²) in [6, 6.07) is 7.89. The number of esters is 1. The summed E-state index contributed by atoms with van der Waals surface area (Å²) >= 11 is 1.23. The minimum Gasteiger partial charge on any atom is -0.465 e. The molecule has 2 heterocycles. The molecule has 2 bridgehead atoms. The second kappa shape index (κ2) is 7.98. The van der Waals surface area contributed by atoms with Gasteiger partial charge in [0.15, 0.2) is 0 Å². The molecule has 2 N–H and O–H groups in total. The minimum atomic E-state index is -0.803. The van der Waals surface area contributed by atoms with Crippen molar-refractivity contribution in [3.8, 4) is 17.2 Å². The smallest absolute Gasteiger partial charge is 0.348 e. The lowest BCUT2D eigenvalue weighted by atomic mass is 9.94. The van der Waals surface area contributed by atoms with Gasteiger partial charge in [-0.25, -0.2) is 9.18 Å². The lowest BCUT2D eigenvalue weighted by Gasteiger charge is -2.23. The van der Waals surface area contributed by atoms with Crippen molar-refractivity contribution < 1.29 is 18.7 Å². The van der Waals surface area contributed by atoms with Gasteiger partial charge in [0.25, 0.3) is 0 Å². The van der Waals surface area contributed by atoms with Crippen molar-refractivity contribution in [2.45, 2.75) is 37.9 Å². The second-order valence-corrected chi connectivity index (χ2v) is 9.97. The molecular weight excluding hydrogens is 429 g/mol. The van der Waals surface area contributed by atoms with E-state index in [1.165, 1.54) is 24.5 Å². The molecular formula is C24H24FN3O3S. The number of hydrogen-bond donors (Lipinski definition) is 2. The SMILES string of the molecule is COC(=O)c1cc(-c2ccc(C[C@@H](C#N)NC(=O)[C@H]3N[C@H]4C[C@@H]3C3C(C)C34)c(F)c2)cs1. The van der Waals surface area contributed by atoms with Crippen LogP contribution in [-0.2, 0) is 16.0 Å². The molecule has 0 radical (unpaired) electrons. The predicted octanol–water partition coefficient (Wildman–Crippen LogP) is 3.13. The number of piperidine rings is 1. The maximum atomic E-state index is 14.8. The van der Waals surface area contributed by atoms with E-state index < -0.39 is 17.8 Å². The van der Waals surface area contributed by atoms with Crippen LogP contribution in [0.4, 0.5) is 4.39 Å². The van der Waals surface area contributed by atoms with E-state index in [0.29, 0.717) is 45.7 Å². The molecule has 2 aromatic rings. The second-order valence-electron chi connectivity index (χ2n) is 9.06. The van der Waals surface area contributed by atoms with Crippen LogP contribution in [0.5, 0.6) is 0 Å². The zero-order valence-corrected chi connectivity index (χ0v) is 18.6. The maximum Gasteiger partial charge on any atom is 0.348 e. The topological polar surface area (TPSA) is 91.2 Å². The van der Waals surface area contributed by atoms with Crippen LogP contribution < -0.4 is 10.6 Å². The number of nitrogens with one attached hydrogen (secondary N) is 2. The Kier molecular flexibility index (Phi) is 5.26. The highest BCUT2D eigenvalue weighted by Crippen LogP contribution is 2.64. The summed E-state index contributed by atoms with van der Waals surface area (Å²) in [5.41, 5.74) is 1.72. The number of hydrogen-bond acceptors (Lipinski definition) is 6. The van der Waals surface area contributed by atoms with Crippen LogP contribution in [0.2, 0.25) is 0 Å². The third kappa shape index (κ3) is 3.50. The summed E-state index contributed by atoms with van der Waals surface area (Å²) in [5.74, 6) is 1.31. The van der Waals surface area contributed by atoms with Gasteiger partial charge in [0.2, 0.25) is 5.91 Å². The van der Waals surface area contributed by atoms with Crippen molar-refractivity contribution in [1.29, 1.82) is 5.26 Å². The number of fused-ring (bicyclic) bond motifs is 5. The predicted molar refractivity (Wildman–Crippen MR) is 117 cm³/mol. The van der Waals surface area contributed by atoms with Crippen LogP contribution in [0.1, 0.15) is 28.6 Å². The summed E-state index contributed by atoms with van der Waals surface area (Å²) < 4.78 is 19.5. The van der Waals surface area contributed by atoms with Gasteiger partial charge >= 0.3 is 5.97 Å². The van der Waals surface area contributed by atoms with Crippen molar-refractivity contribution in [3.05, 3.63) is 45.9 Å². The quantitative estimate of drug-likeness (QED) is 0.656. The Labute approximate surface area is 189 Å². The lowest BCUT2D eigenvalue weighted by molar-refractivity contribution is -0.124. The third-order valence-corrected chi connectivity index (χ3v) is 8.29. The molecule has 7 atom stereocenters. The number of benzene rings is 1. The van der Waals surface area contributed by atoms with Crippen LogP contribution in [-0.4, -0.2) is 37.1 Å². The zero-order chi connectivity index (χ0) is 22.6. The Balaban J connectivity index is 1.24. The third-order valence-electron chi connectivity index (χ3n) is 7.38. The molecule has 6 nitrogen and oxygen atoms in total. The highest BCUT2D eigenvalue weighted by molar-refractivity contribution is 7.12. The number of halogens is 1. The monoisotopic (exact) mass is 453 g/mol. The first kappa shape index (κ1) is 21.1. The highest BCUT2D eigenvalue weighted by Gasteiger charge is 2.67. The van der Waals surface area contributed by atoms with Crippen LogP contribution in [0, 0.1) is 40.8 Å². The molecule has 0 spiro atoms. The molecule has 1 saturated heterocycles. The van der Waals surface area contributed by atoms with Gasteiger partial charge in [0, 0.05) is 12.5 Å². The summed E-state index contributed by atoms with van der Waals surface area (Å²) in [6.07, 6.45) is 1.13. The average molecular weight is 454 g/mol. The van der Waals surface area contributed by atoms with Gasteiger partial charge in [-0.15, -0.1) is 11.3 Å². The highest BCUT2D eigenvalue weighted by atomic mass is 32.1. The fourth-order valence-electron chi connectivity index (χ4n) is 5.80. The van der Waals surface area contributed by atoms with E-state index in [1.54, 1.807) is 23.6 Å². The van der Waals surface area contributed by atoms with E-state index in [-0.39, 0.29) is 18.4 Å². The largest absolute Gasteiger partial charge is 0.465 e. The lowest BCUT2D eigenvalue weighted by Crippen LogP contribution is -2.51. The van der Waals surface area contributed by atoms with Crippen LogP contribution >= 0.6 is 11.3 Å². The number of nitriles is 1. The van der Waals surface area contributed by atoms with E-state index >= 15 is 0 Å². The Morgan fingerprint density at radius 1 is 1.34 bits per heavy atom. The molecule has 1 amide bonds. The molecule has 166 valence electrons. The number of carbonyl (C=O) groups excluding carboxylic acids is 2. The molecule has 3 unspecified atom stereocenters. The van der Waals surface area contributed by atoms with E-state index in [4.69, 9.17) is 4.74 Å². The van der Waals surface area contributed by atoms with Crippen LogP contribution in [0.15, 0.2) is 29.6 Å². The number of thiophene rings is 1. The number of carbonyl (C=O) groups is 2. The summed E-state index contributed by atoms with van der Waals surface area (Å²) in [6.45, 7) is 2.24. The van der Waals surface area contributed by atoms with Gasteiger partial charge in [0.05, 0.1) is 19.2 Å². The van der Waals surface area contributed by atoms with Crippen molar-refractivity contribution in [2.75, 3.05) is 7.11 Å². The van der Waals surface area contributed by atoms with Crippen molar-refractivity contribution in [1.82, 2.24) is 10.6 Å². The number of rotatable bonds is 6. The molecule has 8 heteroatoms. The zero-order valence-electron chi connectivity index (χ0n) is 17.8. The number of methoxy groups -OCH3 is 1. The molecule has 32 heavy (non-hydrogen) atoms. The Morgan fingerprint density at radius 3 is 2.84 bits per heavy atom. The van der Waals surface area contributed by atoms with Gasteiger partial charge < -0.3 is 15.4 Å². The van der Waals surface area contributed by atoms with E-state index in [9.17, 15) is 19.2 Å². The van der Waals surface area contributed by atoms with E-state index in [0.717, 1.165) is 12.0 Å². The van der Waals surface area contributed by atoms with Crippen molar-refractivity contribution >= 4 is 23.2 Å². The molecule has 1 aromatic heterocycles. The summed E-state index contributed by atoms with van der Waals surface area (Å²) in [5, 5.41) is 17.6. The Bertz CT molecular complexity index is 1120. The molecule has 2 aliphatic carbocycles. The number of ether oxygens (including phenoxy) is 1. The first-order valence-electron chi connectivity index (χ1n) is 10.8. The van der Waals surface area contributed by atoms with Gasteiger partial charge in [0.1, 0.15) is 16.7 Å². The molecule has 2 saturated carbocycles. The normalized spacial score (nSPS) is 30.3. The van der Waals surface area contributed by atoms with Gasteiger partial charge in [-0.1, -0.05) is 19.1 Å². The van der Waals surface area contributed by atoms with Crippen molar-refractivity contribution in [2.24, 2.45) is 23.7 Å². The van der Waals surface area contributed by atoms with E-state index in [2.05, 4.69) is 23.6 Å². The van der Waals surface area contributed by atoms with Gasteiger partial charge in [-0.3, -0.25) is 4.79 Å². The fourth-order valence-corrected chi connectivity index (χ4v) is 6.64. The first-order chi connectivity index (χ1) is 15.4. The maximum absolute atomic E-state index is 14.8. The molecule has 3 aliphatic rings. The first-order valence-corrected chi connectivity index (χ1v) is 11.7. The van der Waals surface area contributed by atoms with Gasteiger partial charge in [-0.2, -0.15) is 5.26 Å². The average Bonchev–Trinajstić information content (AvgIpc) is 3.23. The van der Waals surface area contributed by atoms with E-state index in [1.807, 2.05) is 0 Å². The molecule has 1 aliphatic heterocycles. The summed E-state index contributed by atoms with van der Waals surface area (Å²) in [7, 11) is 1.32. The van der Waals surface area contributed by atoms with Crippen LogP contribution in [0.3, 0.4) is 0 Å². The number of nitrogens with zero attached hydrogens (tertiary/aromatic N) is 1. The van der Waals surface area contributed by atoms with Gasteiger partial charge in [-0.05, 0) is 64.3 Å². The summed E-state index contributed by atoms with van der Waals surface area (Å²) in [4.78, 5) is 24.9. The fraction of sp³-hybridized carbons (Fsp3) is 0.458. The van der Waals surface area contributed by atoms with Crippen LogP contribution in [0.25, 0.3) is 11.1 Å². The number of amides is 1.